The molecule has 0 amide bonds. The molecule has 0 radical (unpaired) electrons. The molecule has 1 aliphatic rings. The standard InChI is InChI=1S/C14H20FNO2/c1-17-13-8-12(15)7-11(14(13)18-2)6-10-4-3-5-16-9-10/h7-8,10,16H,3-6,9H2,1-2H3. The summed E-state index contributed by atoms with van der Waals surface area (Å²) in [5, 5.41) is 3.37. The molecule has 1 saturated heterocycles. The van der Waals surface area contributed by atoms with Crippen LogP contribution in [0.3, 0.4) is 0 Å². The summed E-state index contributed by atoms with van der Waals surface area (Å²) < 4.78 is 24.1. The van der Waals surface area contributed by atoms with Crippen molar-refractivity contribution in [1.29, 1.82) is 0 Å². The summed E-state index contributed by atoms with van der Waals surface area (Å²) >= 11 is 0. The van der Waals surface area contributed by atoms with Gasteiger partial charge in [-0.15, -0.1) is 0 Å². The van der Waals surface area contributed by atoms with Crippen LogP contribution in [0.2, 0.25) is 0 Å². The fourth-order valence-corrected chi connectivity index (χ4v) is 2.57. The van der Waals surface area contributed by atoms with Crippen LogP contribution in [0.25, 0.3) is 0 Å². The molecule has 2 rings (SSSR count). The average molecular weight is 253 g/mol. The van der Waals surface area contributed by atoms with Crippen molar-refractivity contribution < 1.29 is 13.9 Å². The van der Waals surface area contributed by atoms with Crippen LogP contribution in [-0.4, -0.2) is 27.3 Å². The van der Waals surface area contributed by atoms with Gasteiger partial charge in [0.2, 0.25) is 0 Å². The van der Waals surface area contributed by atoms with Gasteiger partial charge in [0.25, 0.3) is 0 Å². The van der Waals surface area contributed by atoms with Crippen LogP contribution in [0.4, 0.5) is 4.39 Å². The van der Waals surface area contributed by atoms with Crippen LogP contribution in [0, 0.1) is 11.7 Å². The number of piperidine rings is 1. The maximum atomic E-state index is 13.5. The molecule has 1 atom stereocenters. The summed E-state index contributed by atoms with van der Waals surface area (Å²) in [7, 11) is 3.13. The zero-order valence-corrected chi connectivity index (χ0v) is 11.0. The third kappa shape index (κ3) is 2.93. The number of methoxy groups -OCH3 is 2. The van der Waals surface area contributed by atoms with E-state index in [2.05, 4.69) is 5.32 Å². The van der Waals surface area contributed by atoms with E-state index in [-0.39, 0.29) is 5.82 Å². The largest absolute Gasteiger partial charge is 0.493 e. The summed E-state index contributed by atoms with van der Waals surface area (Å²) in [5.41, 5.74) is 0.892. The molecule has 0 aromatic heterocycles. The van der Waals surface area contributed by atoms with Crippen molar-refractivity contribution >= 4 is 0 Å². The quantitative estimate of drug-likeness (QED) is 0.893. The Hall–Kier alpha value is -1.29. The minimum Gasteiger partial charge on any atom is -0.493 e. The molecule has 0 spiro atoms. The molecule has 18 heavy (non-hydrogen) atoms. The fourth-order valence-electron chi connectivity index (χ4n) is 2.57. The first-order chi connectivity index (χ1) is 8.74. The van der Waals surface area contributed by atoms with E-state index in [0.717, 1.165) is 25.1 Å². The molecule has 3 nitrogen and oxygen atoms in total. The van der Waals surface area contributed by atoms with Crippen LogP contribution in [0.15, 0.2) is 12.1 Å². The molecule has 4 heteroatoms. The van der Waals surface area contributed by atoms with Crippen LogP contribution < -0.4 is 14.8 Å². The smallest absolute Gasteiger partial charge is 0.164 e. The highest BCUT2D eigenvalue weighted by atomic mass is 19.1. The zero-order valence-electron chi connectivity index (χ0n) is 11.0. The Morgan fingerprint density at radius 2 is 2.17 bits per heavy atom. The van der Waals surface area contributed by atoms with Gasteiger partial charge in [-0.2, -0.15) is 0 Å². The van der Waals surface area contributed by atoms with E-state index in [9.17, 15) is 4.39 Å². The second-order valence-electron chi connectivity index (χ2n) is 4.72. The third-order valence-corrected chi connectivity index (χ3v) is 3.43. The van der Waals surface area contributed by atoms with Gasteiger partial charge in [-0.05, 0) is 44.3 Å². The lowest BCUT2D eigenvalue weighted by Gasteiger charge is -2.24. The van der Waals surface area contributed by atoms with Crippen LogP contribution >= 0.6 is 0 Å². The fraction of sp³-hybridized carbons (Fsp3) is 0.571. The predicted octanol–water partition coefficient (Wildman–Crippen LogP) is 2.39. The Morgan fingerprint density at radius 1 is 1.33 bits per heavy atom. The molecule has 1 N–H and O–H groups in total. The van der Waals surface area contributed by atoms with Crippen molar-refractivity contribution in [1.82, 2.24) is 5.32 Å². The van der Waals surface area contributed by atoms with Crippen molar-refractivity contribution in [2.75, 3.05) is 27.3 Å². The molecule has 1 unspecified atom stereocenters. The van der Waals surface area contributed by atoms with Crippen molar-refractivity contribution in [2.45, 2.75) is 19.3 Å². The molecule has 0 bridgehead atoms. The molecule has 1 heterocycles. The Balaban J connectivity index is 2.21. The van der Waals surface area contributed by atoms with E-state index < -0.39 is 0 Å². The van der Waals surface area contributed by atoms with Crippen molar-refractivity contribution in [3.05, 3.63) is 23.5 Å². The molecule has 0 saturated carbocycles. The van der Waals surface area contributed by atoms with Gasteiger partial charge < -0.3 is 14.8 Å². The van der Waals surface area contributed by atoms with E-state index in [0.29, 0.717) is 17.4 Å². The van der Waals surface area contributed by atoms with E-state index >= 15 is 0 Å². The van der Waals surface area contributed by atoms with Gasteiger partial charge >= 0.3 is 0 Å². The lowest BCUT2D eigenvalue weighted by Crippen LogP contribution is -2.30. The second kappa shape index (κ2) is 6.05. The van der Waals surface area contributed by atoms with Crippen LogP contribution in [-0.2, 0) is 6.42 Å². The first-order valence-corrected chi connectivity index (χ1v) is 6.35. The molecule has 1 aromatic carbocycles. The van der Waals surface area contributed by atoms with Gasteiger partial charge in [0.15, 0.2) is 11.5 Å². The summed E-state index contributed by atoms with van der Waals surface area (Å²) in [6.07, 6.45) is 3.18. The van der Waals surface area contributed by atoms with Gasteiger partial charge in [-0.3, -0.25) is 0 Å². The Bertz CT molecular complexity index is 403. The van der Waals surface area contributed by atoms with Crippen molar-refractivity contribution in [3.63, 3.8) is 0 Å². The van der Waals surface area contributed by atoms with Gasteiger partial charge in [0, 0.05) is 11.6 Å². The first-order valence-electron chi connectivity index (χ1n) is 6.35. The number of nitrogens with one attached hydrogen (secondary N) is 1. The number of benzene rings is 1. The topological polar surface area (TPSA) is 30.5 Å². The third-order valence-electron chi connectivity index (χ3n) is 3.43. The van der Waals surface area contributed by atoms with Crippen LogP contribution in [0.1, 0.15) is 18.4 Å². The molecule has 1 aromatic rings. The lowest BCUT2D eigenvalue weighted by molar-refractivity contribution is 0.338. The minimum absolute atomic E-state index is 0.272. The predicted molar refractivity (Wildman–Crippen MR) is 68.8 cm³/mol. The van der Waals surface area contributed by atoms with E-state index in [1.807, 2.05) is 0 Å². The SMILES string of the molecule is COc1cc(F)cc(CC2CCCNC2)c1OC. The van der Waals surface area contributed by atoms with Crippen LogP contribution in [0.5, 0.6) is 11.5 Å². The maximum absolute atomic E-state index is 13.5. The summed E-state index contributed by atoms with van der Waals surface area (Å²) in [6, 6.07) is 2.91. The normalized spacial score (nSPS) is 19.6. The highest BCUT2D eigenvalue weighted by Crippen LogP contribution is 2.34. The molecule has 0 aliphatic carbocycles. The zero-order chi connectivity index (χ0) is 13.0. The van der Waals surface area contributed by atoms with Gasteiger partial charge in [-0.1, -0.05) is 0 Å². The number of halogens is 1. The van der Waals surface area contributed by atoms with E-state index in [4.69, 9.17) is 9.47 Å². The summed E-state index contributed by atoms with van der Waals surface area (Å²) in [6.45, 7) is 2.07. The molecule has 1 fully saturated rings. The van der Waals surface area contributed by atoms with Gasteiger partial charge in [0.1, 0.15) is 5.82 Å². The van der Waals surface area contributed by atoms with Crippen molar-refractivity contribution in [2.24, 2.45) is 5.92 Å². The Kier molecular flexibility index (Phi) is 4.42. The summed E-state index contributed by atoms with van der Waals surface area (Å²) in [4.78, 5) is 0. The van der Waals surface area contributed by atoms with Gasteiger partial charge in [0.05, 0.1) is 14.2 Å². The summed E-state index contributed by atoms with van der Waals surface area (Å²) in [5.74, 6) is 1.39. The Labute approximate surface area is 107 Å². The second-order valence-corrected chi connectivity index (χ2v) is 4.72. The molecule has 100 valence electrons. The maximum Gasteiger partial charge on any atom is 0.164 e. The average Bonchev–Trinajstić information content (AvgIpc) is 2.39. The van der Waals surface area contributed by atoms with E-state index in [1.54, 1.807) is 13.2 Å². The highest BCUT2D eigenvalue weighted by Gasteiger charge is 2.18. The number of hydrogen-bond acceptors (Lipinski definition) is 3. The van der Waals surface area contributed by atoms with Gasteiger partial charge in [-0.25, -0.2) is 4.39 Å². The van der Waals surface area contributed by atoms with E-state index in [1.165, 1.54) is 26.0 Å². The number of hydrogen-bond donors (Lipinski definition) is 1. The highest BCUT2D eigenvalue weighted by molar-refractivity contribution is 5.47. The Morgan fingerprint density at radius 3 is 2.78 bits per heavy atom. The molecule has 1 aliphatic heterocycles. The number of ether oxygens (including phenoxy) is 2. The monoisotopic (exact) mass is 253 g/mol. The molecular weight excluding hydrogens is 233 g/mol. The molecular formula is C14H20FNO2. The minimum atomic E-state index is -0.272. The number of rotatable bonds is 4. The lowest BCUT2D eigenvalue weighted by atomic mass is 9.92. The van der Waals surface area contributed by atoms with Crippen molar-refractivity contribution in [3.8, 4) is 11.5 Å². The first kappa shape index (κ1) is 13.1.